The molecule has 1 fully saturated rings. The second-order valence-electron chi connectivity index (χ2n) is 4.37. The van der Waals surface area contributed by atoms with Crippen LogP contribution in [0.5, 0.6) is 0 Å². The summed E-state index contributed by atoms with van der Waals surface area (Å²) < 4.78 is 0. The van der Waals surface area contributed by atoms with Gasteiger partial charge in [-0.15, -0.1) is 0 Å². The van der Waals surface area contributed by atoms with Crippen molar-refractivity contribution in [1.82, 2.24) is 5.32 Å². The molecule has 1 rings (SSSR count). The van der Waals surface area contributed by atoms with Gasteiger partial charge in [-0.2, -0.15) is 0 Å². The van der Waals surface area contributed by atoms with Crippen molar-refractivity contribution >= 4 is 11.7 Å². The maximum atomic E-state index is 11.2. The summed E-state index contributed by atoms with van der Waals surface area (Å²) in [6.45, 7) is 4.53. The molecule has 0 heterocycles. The van der Waals surface area contributed by atoms with Crippen LogP contribution in [0.1, 0.15) is 39.5 Å². The quantitative estimate of drug-likeness (QED) is 0.701. The molecule has 0 saturated heterocycles. The van der Waals surface area contributed by atoms with Gasteiger partial charge in [-0.1, -0.05) is 13.8 Å². The van der Waals surface area contributed by atoms with Crippen LogP contribution in [0.2, 0.25) is 0 Å². The third-order valence-corrected chi connectivity index (χ3v) is 2.53. The highest BCUT2D eigenvalue weighted by Gasteiger charge is 2.21. The van der Waals surface area contributed by atoms with Crippen LogP contribution in [0.25, 0.3) is 0 Å². The Morgan fingerprint density at radius 2 is 1.93 bits per heavy atom. The Balaban J connectivity index is 2.04. The minimum atomic E-state index is 0.0194. The molecule has 0 bridgehead atoms. The van der Waals surface area contributed by atoms with Gasteiger partial charge in [-0.05, 0) is 18.8 Å². The van der Waals surface area contributed by atoms with Gasteiger partial charge in [-0.3, -0.25) is 9.59 Å². The molecule has 1 aliphatic rings. The first-order valence-corrected chi connectivity index (χ1v) is 5.39. The third kappa shape index (κ3) is 4.40. The smallest absolute Gasteiger partial charge is 0.220 e. The predicted octanol–water partition coefficient (Wildman–Crippen LogP) is 1.52. The molecule has 0 aromatic carbocycles. The molecule has 3 nitrogen and oxygen atoms in total. The average molecular weight is 197 g/mol. The van der Waals surface area contributed by atoms with E-state index >= 15 is 0 Å². The first-order chi connectivity index (χ1) is 6.59. The molecule has 1 amide bonds. The van der Waals surface area contributed by atoms with Gasteiger partial charge in [0.25, 0.3) is 0 Å². The zero-order chi connectivity index (χ0) is 10.6. The van der Waals surface area contributed by atoms with Gasteiger partial charge in [0, 0.05) is 25.3 Å². The van der Waals surface area contributed by atoms with Crippen molar-refractivity contribution in [2.45, 2.75) is 39.5 Å². The van der Waals surface area contributed by atoms with E-state index in [9.17, 15) is 9.59 Å². The molecule has 1 N–H and O–H groups in total. The molecule has 0 unspecified atom stereocenters. The molecule has 0 radical (unpaired) electrons. The number of rotatable bonds is 6. The van der Waals surface area contributed by atoms with E-state index < -0.39 is 0 Å². The van der Waals surface area contributed by atoms with Crippen LogP contribution in [-0.2, 0) is 9.59 Å². The van der Waals surface area contributed by atoms with Gasteiger partial charge in [0.1, 0.15) is 5.78 Å². The van der Waals surface area contributed by atoms with Gasteiger partial charge < -0.3 is 5.32 Å². The van der Waals surface area contributed by atoms with E-state index in [1.165, 1.54) is 12.8 Å². The Hall–Kier alpha value is -0.860. The summed E-state index contributed by atoms with van der Waals surface area (Å²) in [6.07, 6.45) is 3.22. The summed E-state index contributed by atoms with van der Waals surface area (Å²) in [6, 6.07) is 0. The van der Waals surface area contributed by atoms with Crippen molar-refractivity contribution < 1.29 is 9.59 Å². The van der Waals surface area contributed by atoms with E-state index in [1.54, 1.807) is 0 Å². The molecule has 1 aliphatic carbocycles. The first kappa shape index (κ1) is 11.2. The van der Waals surface area contributed by atoms with E-state index in [0.29, 0.717) is 18.8 Å². The van der Waals surface area contributed by atoms with E-state index in [4.69, 9.17) is 0 Å². The maximum absolute atomic E-state index is 11.2. The molecule has 3 heteroatoms. The molecule has 14 heavy (non-hydrogen) atoms. The lowest BCUT2D eigenvalue weighted by molar-refractivity contribution is -0.126. The lowest BCUT2D eigenvalue weighted by atomic mass is 10.0. The van der Waals surface area contributed by atoms with E-state index in [0.717, 1.165) is 6.54 Å². The topological polar surface area (TPSA) is 46.2 Å². The summed E-state index contributed by atoms with van der Waals surface area (Å²) in [5.41, 5.74) is 0. The molecule has 0 spiro atoms. The minimum Gasteiger partial charge on any atom is -0.356 e. The van der Waals surface area contributed by atoms with Crippen LogP contribution < -0.4 is 5.32 Å². The summed E-state index contributed by atoms with van der Waals surface area (Å²) >= 11 is 0. The monoisotopic (exact) mass is 197 g/mol. The summed E-state index contributed by atoms with van der Waals surface area (Å²) in [5, 5.41) is 2.85. The summed E-state index contributed by atoms with van der Waals surface area (Å²) in [5.74, 6) is 0.948. The van der Waals surface area contributed by atoms with Crippen molar-refractivity contribution in [2.24, 2.45) is 11.8 Å². The number of nitrogens with one attached hydrogen (secondary N) is 1. The number of amides is 1. The minimum absolute atomic E-state index is 0.0194. The predicted molar refractivity (Wildman–Crippen MR) is 54.8 cm³/mol. The Morgan fingerprint density at radius 3 is 2.43 bits per heavy atom. The number of carbonyl (C=O) groups excluding carboxylic acids is 2. The summed E-state index contributed by atoms with van der Waals surface area (Å²) in [4.78, 5) is 22.5. The average Bonchev–Trinajstić information content (AvgIpc) is 2.94. The standard InChI is InChI=1S/C11H19NO2/c1-8(2)10(13)5-6-11(14)12-7-9-3-4-9/h8-9H,3-7H2,1-2H3,(H,12,14). The highest BCUT2D eigenvalue weighted by atomic mass is 16.2. The Bertz CT molecular complexity index is 219. The van der Waals surface area contributed by atoms with Crippen LogP contribution >= 0.6 is 0 Å². The fourth-order valence-electron chi connectivity index (χ4n) is 1.19. The fourth-order valence-corrected chi connectivity index (χ4v) is 1.19. The van der Waals surface area contributed by atoms with Crippen molar-refractivity contribution in [3.63, 3.8) is 0 Å². The molecule has 0 atom stereocenters. The molecule has 1 saturated carbocycles. The van der Waals surface area contributed by atoms with Crippen LogP contribution in [-0.4, -0.2) is 18.2 Å². The number of ketones is 1. The van der Waals surface area contributed by atoms with Crippen molar-refractivity contribution in [3.8, 4) is 0 Å². The second kappa shape index (κ2) is 5.13. The highest BCUT2D eigenvalue weighted by Crippen LogP contribution is 2.27. The number of hydrogen-bond donors (Lipinski definition) is 1. The van der Waals surface area contributed by atoms with Crippen molar-refractivity contribution in [1.29, 1.82) is 0 Å². The van der Waals surface area contributed by atoms with E-state index in [-0.39, 0.29) is 17.6 Å². The van der Waals surface area contributed by atoms with Crippen molar-refractivity contribution in [2.75, 3.05) is 6.54 Å². The molecular weight excluding hydrogens is 178 g/mol. The third-order valence-electron chi connectivity index (χ3n) is 2.53. The normalized spacial score (nSPS) is 15.6. The lowest BCUT2D eigenvalue weighted by Gasteiger charge is -2.05. The first-order valence-electron chi connectivity index (χ1n) is 5.39. The Kier molecular flexibility index (Phi) is 4.11. The van der Waals surface area contributed by atoms with E-state index in [1.807, 2.05) is 13.8 Å². The number of hydrogen-bond acceptors (Lipinski definition) is 2. The van der Waals surface area contributed by atoms with Crippen LogP contribution in [0, 0.1) is 11.8 Å². The zero-order valence-corrected chi connectivity index (χ0v) is 9.01. The van der Waals surface area contributed by atoms with Gasteiger partial charge in [0.15, 0.2) is 0 Å². The number of Topliss-reactive ketones (excluding diaryl/α,β-unsaturated/α-hetero) is 1. The van der Waals surface area contributed by atoms with Gasteiger partial charge in [-0.25, -0.2) is 0 Å². The second-order valence-corrected chi connectivity index (χ2v) is 4.37. The lowest BCUT2D eigenvalue weighted by Crippen LogP contribution is -2.26. The molecular formula is C11H19NO2. The van der Waals surface area contributed by atoms with Crippen LogP contribution in [0.15, 0.2) is 0 Å². The van der Waals surface area contributed by atoms with E-state index in [2.05, 4.69) is 5.32 Å². The van der Waals surface area contributed by atoms with Gasteiger partial charge >= 0.3 is 0 Å². The zero-order valence-electron chi connectivity index (χ0n) is 9.01. The van der Waals surface area contributed by atoms with Crippen LogP contribution in [0.4, 0.5) is 0 Å². The fraction of sp³-hybridized carbons (Fsp3) is 0.818. The summed E-state index contributed by atoms with van der Waals surface area (Å²) in [7, 11) is 0. The highest BCUT2D eigenvalue weighted by molar-refractivity contribution is 5.85. The Labute approximate surface area is 85.3 Å². The molecule has 0 aliphatic heterocycles. The van der Waals surface area contributed by atoms with Crippen molar-refractivity contribution in [3.05, 3.63) is 0 Å². The largest absolute Gasteiger partial charge is 0.356 e. The molecule has 0 aromatic rings. The van der Waals surface area contributed by atoms with Gasteiger partial charge in [0.2, 0.25) is 5.91 Å². The SMILES string of the molecule is CC(C)C(=O)CCC(=O)NCC1CC1. The van der Waals surface area contributed by atoms with Crippen LogP contribution in [0.3, 0.4) is 0 Å². The maximum Gasteiger partial charge on any atom is 0.220 e. The van der Waals surface area contributed by atoms with Gasteiger partial charge in [0.05, 0.1) is 0 Å². The molecule has 80 valence electrons. The Morgan fingerprint density at radius 1 is 1.29 bits per heavy atom. The molecule has 0 aromatic heterocycles. The number of carbonyl (C=O) groups is 2.